The molecule has 8 heteroatoms. The van der Waals surface area contributed by atoms with Crippen LogP contribution in [0, 0.1) is 30.1 Å². The molecule has 32 heavy (non-hydrogen) atoms. The Labute approximate surface area is 196 Å². The average Bonchev–Trinajstić information content (AvgIpc) is 2.74. The Morgan fingerprint density at radius 1 is 1.12 bits per heavy atom. The molecule has 0 unspecified atom stereocenters. The van der Waals surface area contributed by atoms with Crippen molar-refractivity contribution >= 4 is 33.4 Å². The van der Waals surface area contributed by atoms with Gasteiger partial charge in [0.15, 0.2) is 0 Å². The van der Waals surface area contributed by atoms with Crippen molar-refractivity contribution < 1.29 is 13.2 Å². The van der Waals surface area contributed by atoms with Gasteiger partial charge in [-0.15, -0.1) is 0 Å². The van der Waals surface area contributed by atoms with Crippen molar-refractivity contribution in [3.63, 3.8) is 0 Å². The molecule has 1 amide bonds. The van der Waals surface area contributed by atoms with Crippen molar-refractivity contribution in [2.45, 2.75) is 69.7 Å². The normalized spacial score (nSPS) is 30.3. The van der Waals surface area contributed by atoms with Crippen LogP contribution in [0.15, 0.2) is 34.3 Å². The second-order valence-electron chi connectivity index (χ2n) is 10.1. The van der Waals surface area contributed by atoms with E-state index in [-0.39, 0.29) is 16.2 Å². The van der Waals surface area contributed by atoms with Gasteiger partial charge in [0.05, 0.1) is 4.90 Å². The highest BCUT2D eigenvalue weighted by Gasteiger charge is 2.52. The maximum absolute atomic E-state index is 13.0. The Morgan fingerprint density at radius 3 is 2.22 bits per heavy atom. The zero-order valence-electron chi connectivity index (χ0n) is 19.3. The number of aryl methyl sites for hydroxylation is 1. The van der Waals surface area contributed by atoms with Crippen molar-refractivity contribution in [1.29, 1.82) is 0 Å². The lowest BCUT2D eigenvalue weighted by Gasteiger charge is -2.56. The number of amides is 1. The lowest BCUT2D eigenvalue weighted by Crippen LogP contribution is -2.50. The summed E-state index contributed by atoms with van der Waals surface area (Å²) in [5, 5.41) is 4.53. The van der Waals surface area contributed by atoms with Crippen LogP contribution in [-0.4, -0.2) is 38.1 Å². The molecule has 1 aromatic carbocycles. The van der Waals surface area contributed by atoms with E-state index in [1.165, 1.54) is 38.5 Å². The Morgan fingerprint density at radius 2 is 1.69 bits per heavy atom. The van der Waals surface area contributed by atoms with E-state index >= 15 is 0 Å². The fourth-order valence-electron chi connectivity index (χ4n) is 6.34. The number of hydrazone groups is 1. The van der Waals surface area contributed by atoms with E-state index < -0.39 is 16.1 Å². The van der Waals surface area contributed by atoms with Gasteiger partial charge in [-0.2, -0.15) is 21.6 Å². The van der Waals surface area contributed by atoms with Crippen LogP contribution in [-0.2, 0) is 14.8 Å². The van der Waals surface area contributed by atoms with Gasteiger partial charge in [0.2, 0.25) is 10.0 Å². The van der Waals surface area contributed by atoms with E-state index in [0.717, 1.165) is 29.0 Å². The van der Waals surface area contributed by atoms with Crippen molar-refractivity contribution in [2.24, 2.45) is 28.3 Å². The summed E-state index contributed by atoms with van der Waals surface area (Å²) in [7, 11) is -3.80. The Balaban J connectivity index is 1.45. The van der Waals surface area contributed by atoms with E-state index in [4.69, 9.17) is 0 Å². The van der Waals surface area contributed by atoms with Gasteiger partial charge in [0.1, 0.15) is 6.04 Å². The molecule has 2 N–H and O–H groups in total. The molecule has 176 valence electrons. The van der Waals surface area contributed by atoms with E-state index in [1.54, 1.807) is 36.0 Å². The van der Waals surface area contributed by atoms with E-state index in [0.29, 0.717) is 12.2 Å². The molecule has 0 aromatic heterocycles. The fraction of sp³-hybridized carbons (Fsp3) is 0.667. The number of thioether (sulfide) groups is 1. The van der Waals surface area contributed by atoms with Crippen molar-refractivity contribution in [2.75, 3.05) is 12.0 Å². The molecular formula is C24H35N3O3S2. The Hall–Kier alpha value is -1.38. The zero-order chi connectivity index (χ0) is 22.9. The molecule has 4 bridgehead atoms. The number of carbonyl (C=O) groups is 1. The molecule has 4 aliphatic rings. The number of nitrogens with zero attached hydrogens (tertiary/aromatic N) is 1. The van der Waals surface area contributed by atoms with Gasteiger partial charge >= 0.3 is 0 Å². The summed E-state index contributed by atoms with van der Waals surface area (Å²) in [5.74, 6) is 2.69. The highest BCUT2D eigenvalue weighted by Crippen LogP contribution is 2.60. The first-order chi connectivity index (χ1) is 15.2. The molecule has 0 saturated heterocycles. The number of sulfonamides is 1. The highest BCUT2D eigenvalue weighted by atomic mass is 32.2. The summed E-state index contributed by atoms with van der Waals surface area (Å²) in [6.45, 7) is 3.95. The van der Waals surface area contributed by atoms with Gasteiger partial charge in [-0.05, 0) is 101 Å². The van der Waals surface area contributed by atoms with Crippen LogP contribution in [0.3, 0.4) is 0 Å². The molecule has 0 aliphatic heterocycles. The van der Waals surface area contributed by atoms with Gasteiger partial charge in [-0.3, -0.25) is 4.79 Å². The highest BCUT2D eigenvalue weighted by molar-refractivity contribution is 7.98. The largest absolute Gasteiger partial charge is 0.271 e. The molecule has 1 aromatic rings. The number of rotatable bonds is 9. The SMILES string of the molecule is CSCC[C@H](NS(=O)(=O)c1ccc(C)cc1)C(=O)N/N=C(\C)C12CC3CC(CC(C3)C1)C2. The molecule has 0 radical (unpaired) electrons. The van der Waals surface area contributed by atoms with Crippen LogP contribution in [0.1, 0.15) is 57.4 Å². The first-order valence-corrected chi connectivity index (χ1v) is 14.5. The summed E-state index contributed by atoms with van der Waals surface area (Å²) in [6.07, 6.45) is 9.96. The zero-order valence-corrected chi connectivity index (χ0v) is 20.9. The first-order valence-electron chi connectivity index (χ1n) is 11.6. The number of nitrogens with one attached hydrogen (secondary N) is 2. The lowest BCUT2D eigenvalue weighted by atomic mass is 9.48. The van der Waals surface area contributed by atoms with Crippen LogP contribution in [0.5, 0.6) is 0 Å². The predicted octanol–water partition coefficient (Wildman–Crippen LogP) is 4.10. The van der Waals surface area contributed by atoms with Gasteiger partial charge in [0.25, 0.3) is 5.91 Å². The molecule has 1 atom stereocenters. The summed E-state index contributed by atoms with van der Waals surface area (Å²) in [6, 6.07) is 5.78. The monoisotopic (exact) mass is 477 g/mol. The standard InChI is InChI=1S/C24H35N3O3S2/c1-16-4-6-21(7-5-16)32(29,30)27-22(8-9-31-3)23(28)26-25-17(2)24-13-18-10-19(14-24)12-20(11-18)15-24/h4-7,18-20,22,27H,8-15H2,1-3H3,(H,26,28)/b25-17+/t18?,19?,20?,22-,24?/m0/s1. The summed E-state index contributed by atoms with van der Waals surface area (Å²) >= 11 is 1.58. The van der Waals surface area contributed by atoms with Crippen LogP contribution in [0.2, 0.25) is 0 Å². The van der Waals surface area contributed by atoms with Gasteiger partial charge in [-0.1, -0.05) is 17.7 Å². The lowest BCUT2D eigenvalue weighted by molar-refractivity contribution is -0.122. The molecule has 0 heterocycles. The van der Waals surface area contributed by atoms with Crippen molar-refractivity contribution in [3.8, 4) is 0 Å². The number of benzene rings is 1. The van der Waals surface area contributed by atoms with Crippen molar-refractivity contribution in [1.82, 2.24) is 10.1 Å². The number of hydrogen-bond acceptors (Lipinski definition) is 5. The minimum atomic E-state index is -3.80. The molecule has 5 rings (SSSR count). The van der Waals surface area contributed by atoms with E-state index in [1.807, 2.05) is 20.1 Å². The molecule has 4 fully saturated rings. The van der Waals surface area contributed by atoms with E-state index in [9.17, 15) is 13.2 Å². The Bertz CT molecular complexity index is 937. The quantitative estimate of drug-likeness (QED) is 0.414. The topological polar surface area (TPSA) is 87.6 Å². The van der Waals surface area contributed by atoms with Crippen LogP contribution >= 0.6 is 11.8 Å². The third-order valence-electron chi connectivity index (χ3n) is 7.70. The third kappa shape index (κ3) is 5.07. The molecule has 4 saturated carbocycles. The second kappa shape index (κ2) is 9.47. The van der Waals surface area contributed by atoms with Crippen LogP contribution < -0.4 is 10.1 Å². The van der Waals surface area contributed by atoms with Crippen molar-refractivity contribution in [3.05, 3.63) is 29.8 Å². The van der Waals surface area contributed by atoms with Crippen LogP contribution in [0.4, 0.5) is 0 Å². The number of hydrogen-bond donors (Lipinski definition) is 2. The van der Waals surface area contributed by atoms with E-state index in [2.05, 4.69) is 15.2 Å². The average molecular weight is 478 g/mol. The van der Waals surface area contributed by atoms with Gasteiger partial charge < -0.3 is 0 Å². The number of carbonyl (C=O) groups excluding carboxylic acids is 1. The minimum absolute atomic E-state index is 0.123. The molecular weight excluding hydrogens is 442 g/mol. The van der Waals surface area contributed by atoms with Gasteiger partial charge in [-0.25, -0.2) is 13.8 Å². The molecule has 4 aliphatic carbocycles. The first kappa shape index (κ1) is 23.8. The molecule has 0 spiro atoms. The summed E-state index contributed by atoms with van der Waals surface area (Å²) in [5.41, 5.74) is 4.83. The van der Waals surface area contributed by atoms with Crippen LogP contribution in [0.25, 0.3) is 0 Å². The smallest absolute Gasteiger partial charge is 0.258 e. The summed E-state index contributed by atoms with van der Waals surface area (Å²) in [4.78, 5) is 13.2. The van der Waals surface area contributed by atoms with Gasteiger partial charge in [0, 0.05) is 11.1 Å². The fourth-order valence-corrected chi connectivity index (χ4v) is 8.04. The maximum atomic E-state index is 13.0. The Kier molecular flexibility index (Phi) is 7.03. The maximum Gasteiger partial charge on any atom is 0.258 e. The molecule has 6 nitrogen and oxygen atoms in total. The third-order valence-corrected chi connectivity index (χ3v) is 9.83. The summed E-state index contributed by atoms with van der Waals surface area (Å²) < 4.78 is 28.3. The second-order valence-corrected chi connectivity index (χ2v) is 12.8. The predicted molar refractivity (Wildman–Crippen MR) is 130 cm³/mol. The minimum Gasteiger partial charge on any atom is -0.271 e.